The summed E-state index contributed by atoms with van der Waals surface area (Å²) in [5.41, 5.74) is 0.554. The molecule has 1 aliphatic carbocycles. The summed E-state index contributed by atoms with van der Waals surface area (Å²) in [6.07, 6.45) is 2.82. The maximum atomic E-state index is 12.0. The summed E-state index contributed by atoms with van der Waals surface area (Å²) >= 11 is 3.42. The van der Waals surface area contributed by atoms with Crippen molar-refractivity contribution in [2.45, 2.75) is 37.5 Å². The molecule has 1 N–H and O–H groups in total. The molecule has 20 heavy (non-hydrogen) atoms. The monoisotopic (exact) mass is 312 g/mol. The van der Waals surface area contributed by atoms with Crippen LogP contribution in [0.4, 0.5) is 0 Å². The van der Waals surface area contributed by atoms with E-state index in [0.29, 0.717) is 25.4 Å². The molecule has 4 nitrogen and oxygen atoms in total. The number of hydrogen-bond donors (Lipinski definition) is 1. The molecule has 1 aromatic heterocycles. The van der Waals surface area contributed by atoms with E-state index in [2.05, 4.69) is 10.4 Å². The summed E-state index contributed by atoms with van der Waals surface area (Å²) < 4.78 is 0. The van der Waals surface area contributed by atoms with Gasteiger partial charge in [-0.3, -0.25) is 4.79 Å². The van der Waals surface area contributed by atoms with Crippen molar-refractivity contribution in [3.05, 3.63) is 16.1 Å². The van der Waals surface area contributed by atoms with Gasteiger partial charge in [0.05, 0.1) is 23.8 Å². The normalized spacial score (nSPS) is 20.8. The van der Waals surface area contributed by atoms with Crippen molar-refractivity contribution in [2.24, 2.45) is 5.92 Å². The Bertz CT molecular complexity index is 493. The van der Waals surface area contributed by atoms with Crippen LogP contribution in [0.1, 0.15) is 30.0 Å². The molecule has 1 aliphatic heterocycles. The Morgan fingerprint density at radius 2 is 2.35 bits per heavy atom. The lowest BCUT2D eigenvalue weighted by molar-refractivity contribution is -0.158. The standard InChI is InChI=1S/C14H20N2O2S2/c1-10-15-12(7-20-10)6-19-5-4-13(17)16-8-14(18,9-16)11-2-3-11/h7,11,18H,2-6,8-9H2,1H3. The predicted molar refractivity (Wildman–Crippen MR) is 81.9 cm³/mol. The molecule has 1 saturated carbocycles. The average Bonchev–Trinajstić information content (AvgIpc) is 3.15. The third kappa shape index (κ3) is 3.18. The number of nitrogens with zero attached hydrogens (tertiary/aromatic N) is 2. The molecule has 0 bridgehead atoms. The van der Waals surface area contributed by atoms with Crippen LogP contribution in [-0.2, 0) is 10.5 Å². The van der Waals surface area contributed by atoms with E-state index in [9.17, 15) is 9.90 Å². The number of rotatable bonds is 6. The minimum atomic E-state index is -0.555. The number of hydrogen-bond acceptors (Lipinski definition) is 5. The Kier molecular flexibility index (Phi) is 4.06. The van der Waals surface area contributed by atoms with Crippen LogP contribution in [0.3, 0.4) is 0 Å². The van der Waals surface area contributed by atoms with E-state index >= 15 is 0 Å². The number of thiazole rings is 1. The van der Waals surface area contributed by atoms with Gasteiger partial charge in [-0.05, 0) is 25.7 Å². The van der Waals surface area contributed by atoms with Crippen molar-refractivity contribution >= 4 is 29.0 Å². The Hall–Kier alpha value is -0.590. The minimum Gasteiger partial charge on any atom is -0.386 e. The van der Waals surface area contributed by atoms with E-state index < -0.39 is 5.60 Å². The highest BCUT2D eigenvalue weighted by Crippen LogP contribution is 2.44. The van der Waals surface area contributed by atoms with Crippen molar-refractivity contribution in [3.63, 3.8) is 0 Å². The number of carbonyl (C=O) groups excluding carboxylic acids is 1. The number of β-amino-alcohol motifs (C(OH)–C–C–N with tert-alkyl or cyclic N) is 1. The van der Waals surface area contributed by atoms with E-state index in [1.165, 1.54) is 0 Å². The molecule has 0 spiro atoms. The third-order valence-corrected chi connectivity index (χ3v) is 5.81. The number of carbonyl (C=O) groups is 1. The third-order valence-electron chi connectivity index (χ3n) is 4.00. The van der Waals surface area contributed by atoms with Crippen LogP contribution >= 0.6 is 23.1 Å². The van der Waals surface area contributed by atoms with Crippen molar-refractivity contribution in [3.8, 4) is 0 Å². The average molecular weight is 312 g/mol. The number of aryl methyl sites for hydroxylation is 1. The second-order valence-corrected chi connectivity index (χ2v) is 7.96. The SMILES string of the molecule is Cc1nc(CSCCC(=O)N2CC(O)(C3CC3)C2)cs1. The van der Waals surface area contributed by atoms with Gasteiger partial charge in [0.15, 0.2) is 0 Å². The second kappa shape index (κ2) is 5.66. The van der Waals surface area contributed by atoms with Crippen LogP contribution in [0.5, 0.6) is 0 Å². The molecule has 6 heteroatoms. The topological polar surface area (TPSA) is 53.4 Å². The van der Waals surface area contributed by atoms with Gasteiger partial charge >= 0.3 is 0 Å². The molecule has 1 aromatic rings. The van der Waals surface area contributed by atoms with Gasteiger partial charge in [0, 0.05) is 23.3 Å². The van der Waals surface area contributed by atoms with Gasteiger partial charge in [0.25, 0.3) is 0 Å². The summed E-state index contributed by atoms with van der Waals surface area (Å²) in [6.45, 7) is 3.10. The number of aromatic nitrogens is 1. The van der Waals surface area contributed by atoms with Crippen LogP contribution in [-0.4, -0.2) is 45.3 Å². The molecule has 0 atom stereocenters. The molecule has 110 valence electrons. The Morgan fingerprint density at radius 3 is 2.95 bits per heavy atom. The minimum absolute atomic E-state index is 0.178. The fourth-order valence-electron chi connectivity index (χ4n) is 2.64. The first-order valence-corrected chi connectivity index (χ1v) is 9.09. The maximum Gasteiger partial charge on any atom is 0.223 e. The van der Waals surface area contributed by atoms with Gasteiger partial charge in [-0.25, -0.2) is 4.98 Å². The molecule has 0 aromatic carbocycles. The van der Waals surface area contributed by atoms with Crippen molar-refractivity contribution < 1.29 is 9.90 Å². The smallest absolute Gasteiger partial charge is 0.223 e. The lowest BCUT2D eigenvalue weighted by Gasteiger charge is -2.47. The second-order valence-electron chi connectivity index (χ2n) is 5.79. The van der Waals surface area contributed by atoms with Gasteiger partial charge < -0.3 is 10.0 Å². The van der Waals surface area contributed by atoms with Crippen LogP contribution in [0.2, 0.25) is 0 Å². The molecule has 2 fully saturated rings. The number of thioether (sulfide) groups is 1. The van der Waals surface area contributed by atoms with E-state index in [1.807, 2.05) is 6.92 Å². The Balaban J connectivity index is 1.32. The van der Waals surface area contributed by atoms with Crippen molar-refractivity contribution in [1.29, 1.82) is 0 Å². The first kappa shape index (κ1) is 14.4. The lowest BCUT2D eigenvalue weighted by atomic mass is 9.88. The Morgan fingerprint density at radius 1 is 1.60 bits per heavy atom. The van der Waals surface area contributed by atoms with Crippen molar-refractivity contribution in [2.75, 3.05) is 18.8 Å². The first-order valence-electron chi connectivity index (χ1n) is 7.06. The number of amides is 1. The van der Waals surface area contributed by atoms with E-state index in [-0.39, 0.29) is 5.91 Å². The summed E-state index contributed by atoms with van der Waals surface area (Å²) in [4.78, 5) is 18.2. The number of likely N-dealkylation sites (tertiary alicyclic amines) is 1. The van der Waals surface area contributed by atoms with Gasteiger partial charge in [0.1, 0.15) is 5.60 Å². The number of aliphatic hydroxyl groups is 1. The van der Waals surface area contributed by atoms with E-state index in [0.717, 1.165) is 35.0 Å². The molecule has 1 amide bonds. The largest absolute Gasteiger partial charge is 0.386 e. The van der Waals surface area contributed by atoms with Crippen LogP contribution in [0, 0.1) is 12.8 Å². The van der Waals surface area contributed by atoms with E-state index in [4.69, 9.17) is 0 Å². The Labute approximate surface area is 127 Å². The molecular weight excluding hydrogens is 292 g/mol. The highest BCUT2D eigenvalue weighted by Gasteiger charge is 2.52. The molecule has 1 saturated heterocycles. The van der Waals surface area contributed by atoms with Crippen LogP contribution in [0.25, 0.3) is 0 Å². The van der Waals surface area contributed by atoms with Crippen molar-refractivity contribution in [1.82, 2.24) is 9.88 Å². The summed E-state index contributed by atoms with van der Waals surface area (Å²) in [7, 11) is 0. The van der Waals surface area contributed by atoms with Gasteiger partial charge in [0.2, 0.25) is 5.91 Å². The van der Waals surface area contributed by atoms with Gasteiger partial charge in [-0.15, -0.1) is 11.3 Å². The molecule has 0 unspecified atom stereocenters. The fraction of sp³-hybridized carbons (Fsp3) is 0.714. The molecule has 2 heterocycles. The lowest BCUT2D eigenvalue weighted by Crippen LogP contribution is -2.64. The zero-order valence-corrected chi connectivity index (χ0v) is 13.3. The van der Waals surface area contributed by atoms with Crippen LogP contribution in [0.15, 0.2) is 5.38 Å². The van der Waals surface area contributed by atoms with Crippen LogP contribution < -0.4 is 0 Å². The molecule has 3 rings (SSSR count). The van der Waals surface area contributed by atoms with Gasteiger partial charge in [-0.1, -0.05) is 0 Å². The van der Waals surface area contributed by atoms with Gasteiger partial charge in [-0.2, -0.15) is 11.8 Å². The quantitative estimate of drug-likeness (QED) is 0.817. The molecule has 2 aliphatic rings. The highest BCUT2D eigenvalue weighted by atomic mass is 32.2. The van der Waals surface area contributed by atoms with E-state index in [1.54, 1.807) is 28.0 Å². The summed E-state index contributed by atoms with van der Waals surface area (Å²) in [5.74, 6) is 2.34. The molecular formula is C14H20N2O2S2. The maximum absolute atomic E-state index is 12.0. The highest BCUT2D eigenvalue weighted by molar-refractivity contribution is 7.98. The predicted octanol–water partition coefficient (Wildman–Crippen LogP) is 2.06. The summed E-state index contributed by atoms with van der Waals surface area (Å²) in [6, 6.07) is 0. The zero-order chi connectivity index (χ0) is 14.2. The first-order chi connectivity index (χ1) is 9.57. The zero-order valence-electron chi connectivity index (χ0n) is 11.7. The summed E-state index contributed by atoms with van der Waals surface area (Å²) in [5, 5.41) is 13.4. The molecule has 0 radical (unpaired) electrons. The fourth-order valence-corrected chi connectivity index (χ4v) is 4.18.